The highest BCUT2D eigenvalue weighted by molar-refractivity contribution is 5.65. The van der Waals surface area contributed by atoms with E-state index in [4.69, 9.17) is 15.9 Å². The van der Waals surface area contributed by atoms with Gasteiger partial charge in [-0.1, -0.05) is 6.92 Å². The fraction of sp³-hybridized carbons (Fsp3) is 0.889. The molecule has 0 radical (unpaired) electrons. The highest BCUT2D eigenvalue weighted by Gasteiger charge is 2.28. The van der Waals surface area contributed by atoms with Gasteiger partial charge < -0.3 is 15.9 Å². The molecule has 0 unspecified atom stereocenters. The van der Waals surface area contributed by atoms with Crippen LogP contribution in [-0.4, -0.2) is 40.0 Å². The Labute approximate surface area is 84.5 Å². The average Bonchev–Trinajstić information content (AvgIpc) is 2.11. The third-order valence-corrected chi connectivity index (χ3v) is 2.35. The summed E-state index contributed by atoms with van der Waals surface area (Å²) in [6, 6.07) is 0. The number of rotatable bonds is 6. The van der Waals surface area contributed by atoms with E-state index in [1.54, 1.807) is 6.92 Å². The summed E-state index contributed by atoms with van der Waals surface area (Å²) >= 11 is 0. The number of carbonyl (C=O) groups is 1. The Morgan fingerprint density at radius 3 is 2.43 bits per heavy atom. The van der Waals surface area contributed by atoms with Gasteiger partial charge in [-0.15, -0.1) is 0 Å². The molecular formula is C9H20N2O3. The number of aliphatic hydroxyl groups is 1. The minimum atomic E-state index is -1.00. The summed E-state index contributed by atoms with van der Waals surface area (Å²) < 4.78 is 0. The molecule has 4 N–H and O–H groups in total. The normalized spacial score (nSPS) is 14.9. The molecule has 0 aliphatic heterocycles. The van der Waals surface area contributed by atoms with Crippen LogP contribution in [0.25, 0.3) is 0 Å². The van der Waals surface area contributed by atoms with E-state index >= 15 is 0 Å². The molecule has 0 heterocycles. The van der Waals surface area contributed by atoms with E-state index in [0.717, 1.165) is 0 Å². The second-order valence-corrected chi connectivity index (χ2v) is 3.58. The van der Waals surface area contributed by atoms with Gasteiger partial charge >= 0.3 is 6.09 Å². The quantitative estimate of drug-likeness (QED) is 0.441. The molecule has 0 aliphatic rings. The topological polar surface area (TPSA) is 86.8 Å². The van der Waals surface area contributed by atoms with Crippen molar-refractivity contribution >= 4 is 6.09 Å². The van der Waals surface area contributed by atoms with Crippen LogP contribution in [0.2, 0.25) is 0 Å². The number of aliphatic hydroxyl groups excluding tert-OH is 1. The summed E-state index contributed by atoms with van der Waals surface area (Å²) in [5, 5.41) is 17.5. The van der Waals surface area contributed by atoms with Crippen LogP contribution in [0.5, 0.6) is 0 Å². The highest BCUT2D eigenvalue weighted by Crippen LogP contribution is 2.13. The van der Waals surface area contributed by atoms with Crippen molar-refractivity contribution in [2.75, 3.05) is 13.2 Å². The summed E-state index contributed by atoms with van der Waals surface area (Å²) in [6.07, 6.45) is 0.798. The van der Waals surface area contributed by atoms with Gasteiger partial charge in [-0.3, -0.25) is 4.90 Å². The second kappa shape index (κ2) is 5.82. The molecular weight excluding hydrogens is 184 g/mol. The summed E-state index contributed by atoms with van der Waals surface area (Å²) in [5.41, 5.74) is 5.01. The van der Waals surface area contributed by atoms with Gasteiger partial charge in [-0.2, -0.15) is 0 Å². The van der Waals surface area contributed by atoms with Crippen LogP contribution in [0.15, 0.2) is 0 Å². The summed E-state index contributed by atoms with van der Waals surface area (Å²) in [6.45, 7) is 4.00. The lowest BCUT2D eigenvalue weighted by Crippen LogP contribution is -2.55. The van der Waals surface area contributed by atoms with Gasteiger partial charge in [-0.05, 0) is 26.2 Å². The van der Waals surface area contributed by atoms with Gasteiger partial charge in [0, 0.05) is 13.2 Å². The Hall–Kier alpha value is -0.810. The first-order chi connectivity index (χ1) is 6.45. The molecule has 0 aromatic rings. The molecule has 1 amide bonds. The molecule has 0 rings (SSSR count). The second-order valence-electron chi connectivity index (χ2n) is 3.58. The van der Waals surface area contributed by atoms with Gasteiger partial charge in [0.15, 0.2) is 0 Å². The van der Waals surface area contributed by atoms with E-state index in [0.29, 0.717) is 25.8 Å². The van der Waals surface area contributed by atoms with Crippen LogP contribution in [0.3, 0.4) is 0 Å². The van der Waals surface area contributed by atoms with E-state index in [1.807, 2.05) is 6.92 Å². The lowest BCUT2D eigenvalue weighted by atomic mass is 10.1. The molecule has 0 saturated heterocycles. The Kier molecular flexibility index (Phi) is 5.49. The molecule has 5 heteroatoms. The lowest BCUT2D eigenvalue weighted by molar-refractivity contribution is 0.0816. The van der Waals surface area contributed by atoms with Crippen LogP contribution in [-0.2, 0) is 0 Å². The van der Waals surface area contributed by atoms with E-state index in [-0.39, 0.29) is 6.61 Å². The van der Waals surface area contributed by atoms with E-state index in [9.17, 15) is 4.79 Å². The summed E-state index contributed by atoms with van der Waals surface area (Å²) in [7, 11) is 0. The Bertz CT molecular complexity index is 183. The first kappa shape index (κ1) is 13.2. The summed E-state index contributed by atoms with van der Waals surface area (Å²) in [5.74, 6) is 0. The molecule has 0 fully saturated rings. The maximum absolute atomic E-state index is 10.9. The van der Waals surface area contributed by atoms with Crippen LogP contribution in [0.4, 0.5) is 4.79 Å². The number of unbranched alkanes of at least 4 members (excludes halogenated alkanes) is 1. The van der Waals surface area contributed by atoms with Crippen molar-refractivity contribution in [1.82, 2.24) is 4.90 Å². The molecule has 14 heavy (non-hydrogen) atoms. The molecule has 5 nitrogen and oxygen atoms in total. The third-order valence-electron chi connectivity index (χ3n) is 2.35. The molecule has 0 aromatic carbocycles. The first-order valence-electron chi connectivity index (χ1n) is 4.86. The number of hydrogen-bond donors (Lipinski definition) is 3. The zero-order chi connectivity index (χ0) is 11.2. The van der Waals surface area contributed by atoms with Gasteiger partial charge in [-0.25, -0.2) is 4.79 Å². The van der Waals surface area contributed by atoms with Crippen LogP contribution in [0, 0.1) is 0 Å². The van der Waals surface area contributed by atoms with Gasteiger partial charge in [0.2, 0.25) is 0 Å². The lowest BCUT2D eigenvalue weighted by Gasteiger charge is -2.35. The van der Waals surface area contributed by atoms with Gasteiger partial charge in [0.05, 0.1) is 5.66 Å². The van der Waals surface area contributed by atoms with E-state index in [2.05, 4.69) is 0 Å². The standard InChI is InChI=1S/C9H20N2O3/c1-3-9(2,10)11(8(13)14)6-4-5-7-12/h12H,3-7,10H2,1-2H3,(H,13,14)/t9-/m1/s1. The third kappa shape index (κ3) is 3.93. The zero-order valence-corrected chi connectivity index (χ0v) is 8.86. The van der Waals surface area contributed by atoms with Crippen molar-refractivity contribution in [3.63, 3.8) is 0 Å². The van der Waals surface area contributed by atoms with E-state index in [1.165, 1.54) is 4.90 Å². The smallest absolute Gasteiger partial charge is 0.408 e. The van der Waals surface area contributed by atoms with Crippen LogP contribution < -0.4 is 5.73 Å². The van der Waals surface area contributed by atoms with Crippen molar-refractivity contribution in [3.05, 3.63) is 0 Å². The Morgan fingerprint density at radius 1 is 1.50 bits per heavy atom. The van der Waals surface area contributed by atoms with Gasteiger partial charge in [0.1, 0.15) is 0 Å². The van der Waals surface area contributed by atoms with E-state index < -0.39 is 11.8 Å². The summed E-state index contributed by atoms with van der Waals surface area (Å²) in [4.78, 5) is 12.1. The van der Waals surface area contributed by atoms with Crippen LogP contribution in [0.1, 0.15) is 33.1 Å². The Morgan fingerprint density at radius 2 is 2.07 bits per heavy atom. The van der Waals surface area contributed by atoms with Crippen molar-refractivity contribution < 1.29 is 15.0 Å². The number of amides is 1. The van der Waals surface area contributed by atoms with Crippen molar-refractivity contribution in [1.29, 1.82) is 0 Å². The first-order valence-corrected chi connectivity index (χ1v) is 4.86. The maximum Gasteiger partial charge on any atom is 0.408 e. The number of nitrogens with zero attached hydrogens (tertiary/aromatic N) is 1. The fourth-order valence-electron chi connectivity index (χ4n) is 1.14. The molecule has 0 aliphatic carbocycles. The van der Waals surface area contributed by atoms with Gasteiger partial charge in [0.25, 0.3) is 0 Å². The molecule has 84 valence electrons. The predicted octanol–water partition coefficient (Wildman–Crippen LogP) is 0.824. The highest BCUT2D eigenvalue weighted by atomic mass is 16.4. The zero-order valence-electron chi connectivity index (χ0n) is 8.86. The predicted molar refractivity (Wildman–Crippen MR) is 53.9 cm³/mol. The number of carboxylic acid groups (broad SMARTS) is 1. The average molecular weight is 204 g/mol. The molecule has 1 atom stereocenters. The fourth-order valence-corrected chi connectivity index (χ4v) is 1.14. The minimum Gasteiger partial charge on any atom is -0.465 e. The minimum absolute atomic E-state index is 0.0842. The molecule has 0 aromatic heterocycles. The van der Waals surface area contributed by atoms with Crippen molar-refractivity contribution in [2.24, 2.45) is 5.73 Å². The largest absolute Gasteiger partial charge is 0.465 e. The van der Waals surface area contributed by atoms with Crippen molar-refractivity contribution in [3.8, 4) is 0 Å². The Balaban J connectivity index is 4.22. The number of nitrogens with two attached hydrogens (primary N) is 1. The van der Waals surface area contributed by atoms with Crippen LogP contribution >= 0.6 is 0 Å². The molecule has 0 spiro atoms. The SMILES string of the molecule is CC[C@](C)(N)N(CCCCO)C(=O)O. The molecule has 0 bridgehead atoms. The van der Waals surface area contributed by atoms with Crippen molar-refractivity contribution in [2.45, 2.75) is 38.8 Å². The molecule has 0 saturated carbocycles. The maximum atomic E-state index is 10.9. The monoisotopic (exact) mass is 204 g/mol. The number of hydrogen-bond acceptors (Lipinski definition) is 3.